The molecule has 18 N–H and O–H groups in total. The van der Waals surface area contributed by atoms with Crippen LogP contribution in [-0.4, -0.2) is 152 Å². The number of carbonyl (C=O) groups excluding carboxylic acids is 6. The number of para-hydroxylation sites is 1. The number of aromatic amines is 1. The van der Waals surface area contributed by atoms with Crippen LogP contribution >= 0.6 is 0 Å². The fraction of sp³-hybridized carbons (Fsp3) is 0.514. The number of benzene rings is 1. The zero-order valence-electron chi connectivity index (χ0n) is 32.3. The molecule has 0 saturated heterocycles. The maximum atomic E-state index is 13.5. The molecule has 2 rings (SSSR count). The lowest BCUT2D eigenvalue weighted by Crippen LogP contribution is -2.62. The second kappa shape index (κ2) is 23.8. The number of aliphatic imine (C=N–C) groups is 1. The summed E-state index contributed by atoms with van der Waals surface area (Å²) in [7, 11) is 0. The van der Waals surface area contributed by atoms with E-state index in [-0.39, 0.29) is 31.8 Å². The van der Waals surface area contributed by atoms with Gasteiger partial charge in [-0.3, -0.25) is 38.6 Å². The summed E-state index contributed by atoms with van der Waals surface area (Å²) in [6, 6.07) is -3.52. The molecule has 2 aromatic rings. The van der Waals surface area contributed by atoms with Crippen LogP contribution in [0.25, 0.3) is 10.9 Å². The largest absolute Gasteiger partial charge is 0.481 e. The summed E-state index contributed by atoms with van der Waals surface area (Å²) in [5, 5.41) is 62.3. The molecule has 0 aliphatic heterocycles. The first kappa shape index (κ1) is 48.8. The zero-order valence-corrected chi connectivity index (χ0v) is 32.3. The third kappa shape index (κ3) is 15.8. The number of nitrogens with zero attached hydrogens (tertiary/aromatic N) is 1. The topological polar surface area (TPSA) is 416 Å². The molecule has 0 radical (unpaired) electrons. The Morgan fingerprint density at radius 3 is 1.86 bits per heavy atom. The van der Waals surface area contributed by atoms with Crippen molar-refractivity contribution in [3.63, 3.8) is 0 Å². The van der Waals surface area contributed by atoms with Gasteiger partial charge < -0.3 is 79.6 Å². The van der Waals surface area contributed by atoms with Crippen LogP contribution in [0.15, 0.2) is 35.5 Å². The Kier molecular flexibility index (Phi) is 19.6. The van der Waals surface area contributed by atoms with Crippen LogP contribution in [0.5, 0.6) is 0 Å². The Balaban J connectivity index is 2.16. The van der Waals surface area contributed by atoms with Crippen molar-refractivity contribution >= 4 is 64.2 Å². The number of carbonyl (C=O) groups is 8. The van der Waals surface area contributed by atoms with Crippen LogP contribution in [0.3, 0.4) is 0 Å². The molecular weight excluding hydrogens is 782 g/mol. The third-order valence-corrected chi connectivity index (χ3v) is 8.74. The van der Waals surface area contributed by atoms with Crippen molar-refractivity contribution < 1.29 is 63.9 Å². The molecule has 0 saturated carbocycles. The lowest BCUT2D eigenvalue weighted by molar-refractivity contribution is -0.144. The molecule has 1 aromatic heterocycles. The molecule has 24 nitrogen and oxygen atoms in total. The fourth-order valence-corrected chi connectivity index (χ4v) is 5.47. The van der Waals surface area contributed by atoms with Gasteiger partial charge in [0.1, 0.15) is 36.3 Å². The first-order valence-electron chi connectivity index (χ1n) is 18.3. The zero-order chi connectivity index (χ0) is 44.4. The first-order chi connectivity index (χ1) is 27.8. The van der Waals surface area contributed by atoms with Crippen molar-refractivity contribution in [2.45, 2.75) is 94.3 Å². The molecule has 1 heterocycles. The van der Waals surface area contributed by atoms with Crippen LogP contribution in [0.4, 0.5) is 0 Å². The lowest BCUT2D eigenvalue weighted by Gasteiger charge is -2.28. The highest BCUT2D eigenvalue weighted by atomic mass is 16.4. The van der Waals surface area contributed by atoms with E-state index >= 15 is 0 Å². The number of carboxylic acids is 2. The van der Waals surface area contributed by atoms with Gasteiger partial charge in [-0.05, 0) is 51.2 Å². The Morgan fingerprint density at radius 1 is 0.729 bits per heavy atom. The molecule has 326 valence electrons. The molecule has 59 heavy (non-hydrogen) atoms. The highest BCUT2D eigenvalue weighted by Crippen LogP contribution is 2.19. The summed E-state index contributed by atoms with van der Waals surface area (Å²) < 4.78 is 0. The number of aliphatic carboxylic acids is 2. The smallest absolute Gasteiger partial charge is 0.328 e. The summed E-state index contributed by atoms with van der Waals surface area (Å²) in [4.78, 5) is 108. The van der Waals surface area contributed by atoms with Gasteiger partial charge in [0.05, 0.1) is 25.4 Å². The number of rotatable bonds is 25. The number of carboxylic acid groups (broad SMARTS) is 2. The first-order valence-corrected chi connectivity index (χ1v) is 18.3. The molecular formula is C35H53N11O13. The highest BCUT2D eigenvalue weighted by molar-refractivity contribution is 5.97. The van der Waals surface area contributed by atoms with Gasteiger partial charge in [-0.25, -0.2) is 4.79 Å². The van der Waals surface area contributed by atoms with Crippen LogP contribution in [-0.2, 0) is 44.8 Å². The molecule has 8 atom stereocenters. The monoisotopic (exact) mass is 835 g/mol. The number of hydrogen-bond acceptors (Lipinski definition) is 13. The van der Waals surface area contributed by atoms with Crippen molar-refractivity contribution in [3.8, 4) is 0 Å². The summed E-state index contributed by atoms with van der Waals surface area (Å²) in [6.07, 6.45) is -1.23. The van der Waals surface area contributed by atoms with Crippen molar-refractivity contribution in [2.75, 3.05) is 19.8 Å². The normalized spacial score (nSPS) is 15.1. The standard InChI is InChI=1S/C35H53N11O13/c1-16(41-29(53)20(36)12-18-13-40-21-7-4-3-6-19(18)21)28(52)44-24(14-47)32(56)46-27(17(2)49)33(57)43-22(8-5-11-39-35(37)38)30(54)42-23(9-10-26(50)51)31(55)45-25(15-48)34(58)59/h3-4,6-7,13,16-17,20,22-25,27,40,47-49H,5,8-12,14-15,36H2,1-2H3,(H,41,53)(H,42,54)(H,43,57)(H,44,52)(H,45,55)(H,46,56)(H,50,51)(H,58,59)(H4,37,38,39). The summed E-state index contributed by atoms with van der Waals surface area (Å²) in [5.41, 5.74) is 18.4. The van der Waals surface area contributed by atoms with Gasteiger partial charge in [0.15, 0.2) is 5.96 Å². The van der Waals surface area contributed by atoms with E-state index in [1.54, 1.807) is 6.20 Å². The number of aliphatic hydroxyl groups is 3. The van der Waals surface area contributed by atoms with Crippen LogP contribution in [0.2, 0.25) is 0 Å². The number of amides is 6. The summed E-state index contributed by atoms with van der Waals surface area (Å²) in [6.45, 7) is 0.324. The molecule has 0 spiro atoms. The van der Waals surface area contributed by atoms with E-state index in [1.807, 2.05) is 29.6 Å². The average Bonchev–Trinajstić information content (AvgIpc) is 3.58. The number of nitrogens with two attached hydrogens (primary N) is 3. The van der Waals surface area contributed by atoms with Crippen LogP contribution in [0, 0.1) is 0 Å². The number of guanidine groups is 1. The van der Waals surface area contributed by atoms with Crippen molar-refractivity contribution in [1.29, 1.82) is 0 Å². The highest BCUT2D eigenvalue weighted by Gasteiger charge is 2.34. The Morgan fingerprint density at radius 2 is 1.29 bits per heavy atom. The SMILES string of the molecule is CC(NC(=O)C(N)Cc1c[nH]c2ccccc12)C(=O)NC(CO)C(=O)NC(C(=O)NC(CCCN=C(N)N)C(=O)NC(CCC(=O)O)C(=O)NC(CO)C(=O)O)C(C)O. The predicted octanol–water partition coefficient (Wildman–Crippen LogP) is -5.67. The van der Waals surface area contributed by atoms with Crippen LogP contribution in [0.1, 0.15) is 45.1 Å². The van der Waals surface area contributed by atoms with E-state index in [0.29, 0.717) is 0 Å². The van der Waals surface area contributed by atoms with Gasteiger partial charge in [-0.2, -0.15) is 0 Å². The summed E-state index contributed by atoms with van der Waals surface area (Å²) >= 11 is 0. The minimum Gasteiger partial charge on any atom is -0.481 e. The Hall–Kier alpha value is -6.37. The number of hydrogen-bond donors (Lipinski definition) is 15. The second-order valence-electron chi connectivity index (χ2n) is 13.5. The van der Waals surface area contributed by atoms with Crippen molar-refractivity contribution in [2.24, 2.45) is 22.2 Å². The minimum absolute atomic E-state index is 0.0286. The van der Waals surface area contributed by atoms with E-state index in [9.17, 15) is 58.8 Å². The average molecular weight is 836 g/mol. The number of aliphatic hydroxyl groups excluding tert-OH is 3. The molecule has 1 aromatic carbocycles. The maximum absolute atomic E-state index is 13.5. The molecule has 8 unspecified atom stereocenters. The number of H-pyrrole nitrogens is 1. The number of nitrogens with one attached hydrogen (secondary N) is 7. The molecule has 0 aliphatic rings. The molecule has 0 fully saturated rings. The Bertz CT molecular complexity index is 1830. The fourth-order valence-electron chi connectivity index (χ4n) is 5.47. The Labute approximate surface area is 337 Å². The maximum Gasteiger partial charge on any atom is 0.328 e. The minimum atomic E-state index is -1.83. The van der Waals surface area contributed by atoms with Gasteiger partial charge >= 0.3 is 11.9 Å². The van der Waals surface area contributed by atoms with Gasteiger partial charge in [-0.1, -0.05) is 18.2 Å². The van der Waals surface area contributed by atoms with E-state index in [0.717, 1.165) is 23.4 Å². The number of aromatic nitrogens is 1. The van der Waals surface area contributed by atoms with Gasteiger partial charge in [-0.15, -0.1) is 0 Å². The third-order valence-electron chi connectivity index (χ3n) is 8.74. The predicted molar refractivity (Wildman–Crippen MR) is 208 cm³/mol. The van der Waals surface area contributed by atoms with Crippen molar-refractivity contribution in [1.82, 2.24) is 36.9 Å². The summed E-state index contributed by atoms with van der Waals surface area (Å²) in [5.74, 6) is -9.47. The quantitative estimate of drug-likeness (QED) is 0.0252. The van der Waals surface area contributed by atoms with E-state index < -0.39 is 122 Å². The molecule has 24 heteroatoms. The van der Waals surface area contributed by atoms with Gasteiger partial charge in [0.2, 0.25) is 35.4 Å². The van der Waals surface area contributed by atoms with E-state index in [1.165, 1.54) is 6.92 Å². The lowest BCUT2D eigenvalue weighted by atomic mass is 10.0. The van der Waals surface area contributed by atoms with E-state index in [4.69, 9.17) is 22.3 Å². The van der Waals surface area contributed by atoms with Crippen LogP contribution < -0.4 is 49.1 Å². The van der Waals surface area contributed by atoms with Gasteiger partial charge in [0.25, 0.3) is 0 Å². The molecule has 0 aliphatic carbocycles. The second-order valence-corrected chi connectivity index (χ2v) is 13.5. The van der Waals surface area contributed by atoms with Gasteiger partial charge in [0, 0.05) is 30.1 Å². The molecule has 0 bridgehead atoms. The van der Waals surface area contributed by atoms with Crippen molar-refractivity contribution in [3.05, 3.63) is 36.0 Å². The number of fused-ring (bicyclic) bond motifs is 1. The molecule has 6 amide bonds. The van der Waals surface area contributed by atoms with E-state index in [2.05, 4.69) is 36.6 Å².